The van der Waals surface area contributed by atoms with Crippen molar-refractivity contribution in [3.8, 4) is 5.75 Å². The Balaban J connectivity index is 1.37. The average molecular weight is 531 g/mol. The molecule has 3 aromatic carbocycles. The molecule has 0 spiro atoms. The second kappa shape index (κ2) is 12.1. The van der Waals surface area contributed by atoms with Crippen LogP contribution in [-0.4, -0.2) is 42.5 Å². The number of nitrogens with one attached hydrogen (secondary N) is 4. The molecule has 10 nitrogen and oxygen atoms in total. The normalized spacial score (nSPS) is 14.4. The summed E-state index contributed by atoms with van der Waals surface area (Å²) < 4.78 is 5.48. The van der Waals surface area contributed by atoms with Gasteiger partial charge in [0.05, 0.1) is 37.6 Å². The Kier molecular flexibility index (Phi) is 8.45. The Labute approximate surface area is 225 Å². The maximum absolute atomic E-state index is 13.0. The van der Waals surface area contributed by atoms with E-state index in [2.05, 4.69) is 21.3 Å². The van der Waals surface area contributed by atoms with Crippen LogP contribution in [0.1, 0.15) is 42.0 Å². The molecule has 3 amide bonds. The van der Waals surface area contributed by atoms with Crippen LogP contribution in [0.5, 0.6) is 5.75 Å². The summed E-state index contributed by atoms with van der Waals surface area (Å²) in [6.07, 6.45) is -0.186. The molecule has 2 unspecified atom stereocenters. The van der Waals surface area contributed by atoms with E-state index in [-0.39, 0.29) is 36.5 Å². The van der Waals surface area contributed by atoms with Crippen molar-refractivity contribution in [2.45, 2.75) is 31.7 Å². The maximum Gasteiger partial charge on any atom is 0.305 e. The van der Waals surface area contributed by atoms with Crippen LogP contribution in [0.25, 0.3) is 0 Å². The van der Waals surface area contributed by atoms with Gasteiger partial charge in [0, 0.05) is 24.8 Å². The van der Waals surface area contributed by atoms with Gasteiger partial charge in [-0.05, 0) is 47.0 Å². The first-order chi connectivity index (χ1) is 18.7. The van der Waals surface area contributed by atoms with Gasteiger partial charge in [-0.25, -0.2) is 0 Å². The minimum absolute atomic E-state index is 0.0692. The number of aliphatic carboxylic acids is 1. The third-order valence-corrected chi connectivity index (χ3v) is 6.39. The van der Waals surface area contributed by atoms with Crippen molar-refractivity contribution in [3.63, 3.8) is 0 Å². The average Bonchev–Trinajstić information content (AvgIpc) is 3.33. The van der Waals surface area contributed by atoms with Gasteiger partial charge in [-0.2, -0.15) is 0 Å². The van der Waals surface area contributed by atoms with E-state index in [1.165, 1.54) is 14.0 Å². The standard InChI is InChI=1S/C29H30N4O6/c1-17(34)31-25(15-28(36)37)19-8-10-20(11-9-19)32-27(35)14-18-7-12-24(26(13-18)39-2)33-29(38)22-16-30-23-6-4-3-5-21(22)23/h3-13,22,25,30H,14-16H2,1-2H3,(H,31,34)(H,32,35)(H,33,38)(H,36,37). The van der Waals surface area contributed by atoms with Crippen molar-refractivity contribution in [3.05, 3.63) is 83.4 Å². The maximum atomic E-state index is 13.0. The van der Waals surface area contributed by atoms with Gasteiger partial charge in [0.25, 0.3) is 0 Å². The number of rotatable bonds is 10. The monoisotopic (exact) mass is 530 g/mol. The first-order valence-corrected chi connectivity index (χ1v) is 12.4. The fraction of sp³-hybridized carbons (Fsp3) is 0.241. The number of fused-ring (bicyclic) bond motifs is 1. The molecule has 5 N–H and O–H groups in total. The Morgan fingerprint density at radius 3 is 2.46 bits per heavy atom. The second-order valence-corrected chi connectivity index (χ2v) is 9.24. The summed E-state index contributed by atoms with van der Waals surface area (Å²) >= 11 is 0. The zero-order chi connectivity index (χ0) is 27.9. The van der Waals surface area contributed by atoms with E-state index in [0.29, 0.717) is 34.8 Å². The number of amides is 3. The van der Waals surface area contributed by atoms with Gasteiger partial charge in [0.2, 0.25) is 17.7 Å². The molecule has 202 valence electrons. The van der Waals surface area contributed by atoms with Gasteiger partial charge >= 0.3 is 5.97 Å². The van der Waals surface area contributed by atoms with Crippen molar-refractivity contribution in [1.82, 2.24) is 5.32 Å². The molecule has 1 aliphatic heterocycles. The zero-order valence-corrected chi connectivity index (χ0v) is 21.6. The molecule has 0 aromatic heterocycles. The molecule has 1 heterocycles. The van der Waals surface area contributed by atoms with E-state index >= 15 is 0 Å². The van der Waals surface area contributed by atoms with E-state index in [4.69, 9.17) is 9.84 Å². The topological polar surface area (TPSA) is 146 Å². The van der Waals surface area contributed by atoms with Crippen LogP contribution in [-0.2, 0) is 25.6 Å². The molecule has 1 aliphatic rings. The Bertz CT molecular complexity index is 1370. The molecule has 4 rings (SSSR count). The summed E-state index contributed by atoms with van der Waals surface area (Å²) in [7, 11) is 1.50. The van der Waals surface area contributed by atoms with Crippen LogP contribution >= 0.6 is 0 Å². The number of carbonyl (C=O) groups is 4. The van der Waals surface area contributed by atoms with Crippen molar-refractivity contribution < 1.29 is 29.0 Å². The molecule has 2 atom stereocenters. The summed E-state index contributed by atoms with van der Waals surface area (Å²) in [5, 5.41) is 20.7. The summed E-state index contributed by atoms with van der Waals surface area (Å²) in [6, 6.07) is 18.9. The highest BCUT2D eigenvalue weighted by molar-refractivity contribution is 5.99. The molecular formula is C29H30N4O6. The van der Waals surface area contributed by atoms with Crippen LogP contribution < -0.4 is 26.0 Å². The Morgan fingerprint density at radius 1 is 1.03 bits per heavy atom. The lowest BCUT2D eigenvalue weighted by Crippen LogP contribution is -2.28. The smallest absolute Gasteiger partial charge is 0.305 e. The third-order valence-electron chi connectivity index (χ3n) is 6.39. The molecule has 0 aliphatic carbocycles. The summed E-state index contributed by atoms with van der Waals surface area (Å²) in [5.74, 6) is -1.66. The summed E-state index contributed by atoms with van der Waals surface area (Å²) in [5.41, 5.74) is 4.25. The van der Waals surface area contributed by atoms with Gasteiger partial charge < -0.3 is 31.1 Å². The summed E-state index contributed by atoms with van der Waals surface area (Å²) in [4.78, 5) is 48.2. The van der Waals surface area contributed by atoms with E-state index < -0.39 is 12.0 Å². The number of anilines is 3. The lowest BCUT2D eigenvalue weighted by molar-refractivity contribution is -0.137. The fourth-order valence-corrected chi connectivity index (χ4v) is 4.55. The highest BCUT2D eigenvalue weighted by Gasteiger charge is 2.28. The molecule has 0 fully saturated rings. The van der Waals surface area contributed by atoms with E-state index in [1.807, 2.05) is 24.3 Å². The number of carboxylic acids is 1. The predicted octanol–water partition coefficient (Wildman–Crippen LogP) is 3.68. The highest BCUT2D eigenvalue weighted by atomic mass is 16.5. The SMILES string of the molecule is COc1cc(CC(=O)Nc2ccc(C(CC(=O)O)NC(C)=O)cc2)ccc1NC(=O)C1CNc2ccccc21. The van der Waals surface area contributed by atoms with E-state index in [0.717, 1.165) is 11.3 Å². The Hall–Kier alpha value is -4.86. The van der Waals surface area contributed by atoms with Gasteiger partial charge in [-0.1, -0.05) is 36.4 Å². The van der Waals surface area contributed by atoms with Gasteiger partial charge in [0.15, 0.2) is 0 Å². The molecule has 10 heteroatoms. The van der Waals surface area contributed by atoms with E-state index in [9.17, 15) is 19.2 Å². The summed E-state index contributed by atoms with van der Waals surface area (Å²) in [6.45, 7) is 1.84. The molecule has 39 heavy (non-hydrogen) atoms. The molecule has 0 saturated heterocycles. The van der Waals surface area contributed by atoms with Crippen LogP contribution in [0.2, 0.25) is 0 Å². The minimum atomic E-state index is -1.03. The van der Waals surface area contributed by atoms with Gasteiger partial charge in [0.1, 0.15) is 5.75 Å². The number of carboxylic acid groups (broad SMARTS) is 1. The molecule has 0 radical (unpaired) electrons. The second-order valence-electron chi connectivity index (χ2n) is 9.24. The lowest BCUT2D eigenvalue weighted by atomic mass is 10.0. The molecular weight excluding hydrogens is 500 g/mol. The van der Waals surface area contributed by atoms with Crippen molar-refractivity contribution >= 4 is 40.8 Å². The molecule has 0 bridgehead atoms. The third kappa shape index (κ3) is 6.92. The van der Waals surface area contributed by atoms with Gasteiger partial charge in [-0.3, -0.25) is 19.2 Å². The number of para-hydroxylation sites is 1. The highest BCUT2D eigenvalue weighted by Crippen LogP contribution is 2.33. The quantitative estimate of drug-likeness (QED) is 0.269. The molecule has 3 aromatic rings. The fourth-order valence-electron chi connectivity index (χ4n) is 4.55. The van der Waals surface area contributed by atoms with Crippen molar-refractivity contribution in [2.75, 3.05) is 29.6 Å². The number of hydrogen-bond acceptors (Lipinski definition) is 6. The number of hydrogen-bond donors (Lipinski definition) is 5. The van der Waals surface area contributed by atoms with Crippen molar-refractivity contribution in [2.24, 2.45) is 0 Å². The number of methoxy groups -OCH3 is 1. The number of carbonyl (C=O) groups excluding carboxylic acids is 3. The van der Waals surface area contributed by atoms with Gasteiger partial charge in [-0.15, -0.1) is 0 Å². The number of ether oxygens (including phenoxy) is 1. The van der Waals surface area contributed by atoms with Crippen molar-refractivity contribution in [1.29, 1.82) is 0 Å². The zero-order valence-electron chi connectivity index (χ0n) is 21.6. The Morgan fingerprint density at radius 2 is 1.77 bits per heavy atom. The largest absolute Gasteiger partial charge is 0.495 e. The lowest BCUT2D eigenvalue weighted by Gasteiger charge is -2.17. The van der Waals surface area contributed by atoms with Crippen LogP contribution in [0.15, 0.2) is 66.7 Å². The first-order valence-electron chi connectivity index (χ1n) is 12.4. The minimum Gasteiger partial charge on any atom is -0.495 e. The van der Waals surface area contributed by atoms with E-state index in [1.54, 1.807) is 42.5 Å². The van der Waals surface area contributed by atoms with Crippen LogP contribution in [0, 0.1) is 0 Å². The first kappa shape index (κ1) is 27.2. The van der Waals surface area contributed by atoms with Crippen LogP contribution in [0.3, 0.4) is 0 Å². The molecule has 0 saturated carbocycles. The number of benzene rings is 3. The predicted molar refractivity (Wildman–Crippen MR) is 147 cm³/mol. The van der Waals surface area contributed by atoms with Crippen LogP contribution in [0.4, 0.5) is 17.1 Å².